The largest absolute Gasteiger partial charge is 0.358 e. The number of rotatable bonds is 2. The summed E-state index contributed by atoms with van der Waals surface area (Å²) in [5.74, 6) is -0.411. The molecule has 0 atom stereocenters. The molecule has 80 valence electrons. The number of imidazole rings is 1. The van der Waals surface area contributed by atoms with Gasteiger partial charge in [-0.3, -0.25) is 0 Å². The number of aromatic amines is 1. The molecule has 12 nitrogen and oxygen atoms in total. The lowest BCUT2D eigenvalue weighted by atomic mass is 10.8. The van der Waals surface area contributed by atoms with Crippen LogP contribution in [0.5, 0.6) is 0 Å². The molecule has 0 saturated heterocycles. The van der Waals surface area contributed by atoms with Gasteiger partial charge in [0.15, 0.2) is 0 Å². The van der Waals surface area contributed by atoms with Crippen molar-refractivity contribution >= 4 is 11.8 Å². The van der Waals surface area contributed by atoms with Crippen molar-refractivity contribution in [3.63, 3.8) is 0 Å². The molecule has 0 fully saturated rings. The molecule has 0 unspecified atom stereocenters. The summed E-state index contributed by atoms with van der Waals surface area (Å²) in [5.41, 5.74) is 7.90. The molecule has 15 heavy (non-hydrogen) atoms. The smallest absolute Gasteiger partial charge is 0.340 e. The maximum atomic E-state index is 10.0. The van der Waals surface area contributed by atoms with Gasteiger partial charge in [0.25, 0.3) is 11.0 Å². The zero-order chi connectivity index (χ0) is 11.8. The minimum absolute atomic E-state index is 0.112. The zero-order valence-electron chi connectivity index (χ0n) is 6.84. The molecule has 0 amide bonds. The highest BCUT2D eigenvalue weighted by atomic mass is 16.9. The third-order valence-corrected chi connectivity index (χ3v) is 0.885. The molecular weight excluding hydrogens is 214 g/mol. The molecule has 0 saturated carbocycles. The molecule has 1 heterocycles. The first-order chi connectivity index (χ1) is 6.97. The molecule has 0 aliphatic rings. The third kappa shape index (κ3) is 5.37. The topological polar surface area (TPSA) is 184 Å². The van der Waals surface area contributed by atoms with Gasteiger partial charge in [0.2, 0.25) is 0 Å². The Morgan fingerprint density at radius 2 is 2.13 bits per heavy atom. The average molecular weight is 217 g/mol. The van der Waals surface area contributed by atoms with E-state index in [-0.39, 0.29) is 11.8 Å². The summed E-state index contributed by atoms with van der Waals surface area (Å²) >= 11 is 0. The summed E-state index contributed by atoms with van der Waals surface area (Å²) in [6.45, 7) is 0. The van der Waals surface area contributed by atoms with E-state index in [0.29, 0.717) is 0 Å². The Labute approximate surface area is 80.1 Å². The van der Waals surface area contributed by atoms with Crippen LogP contribution >= 0.6 is 0 Å². The van der Waals surface area contributed by atoms with Crippen molar-refractivity contribution in [1.29, 1.82) is 0 Å². The number of H-pyrrole nitrogens is 1. The van der Waals surface area contributed by atoms with Crippen LogP contribution in [0.15, 0.2) is 11.3 Å². The SMILES string of the molecule is O=[N+]([O-])O.[N-]=[N+]=Nc1ncc([N+](=O)[O-])[nH]1. The summed E-state index contributed by atoms with van der Waals surface area (Å²) in [4.78, 5) is 25.7. The standard InChI is InChI=1S/C3H2N6O2.HNO3/c4-8-7-3-5-1-2(6-3)9(10)11;2-1(3)4/h1H,(H,5,6);(H,2,3,4). The number of nitrogens with one attached hydrogen (secondary N) is 1. The van der Waals surface area contributed by atoms with Gasteiger partial charge in [0.1, 0.15) is 6.20 Å². The Hall–Kier alpha value is -2.88. The van der Waals surface area contributed by atoms with Crippen molar-refractivity contribution < 1.29 is 15.2 Å². The molecule has 0 bridgehead atoms. The van der Waals surface area contributed by atoms with E-state index < -0.39 is 10.0 Å². The van der Waals surface area contributed by atoms with Crippen LogP contribution in [-0.4, -0.2) is 25.2 Å². The molecule has 0 radical (unpaired) electrons. The quantitative estimate of drug-likeness (QED) is 0.243. The lowest BCUT2D eigenvalue weighted by molar-refractivity contribution is -0.742. The van der Waals surface area contributed by atoms with Crippen LogP contribution in [0.2, 0.25) is 0 Å². The summed E-state index contributed by atoms with van der Waals surface area (Å²) in [6.07, 6.45) is 0.976. The van der Waals surface area contributed by atoms with E-state index in [1.165, 1.54) is 0 Å². The first-order valence-corrected chi connectivity index (χ1v) is 3.05. The van der Waals surface area contributed by atoms with Crippen LogP contribution in [0.25, 0.3) is 10.4 Å². The molecule has 1 rings (SSSR count). The maximum Gasteiger partial charge on any atom is 0.340 e. The Balaban J connectivity index is 0.000000423. The van der Waals surface area contributed by atoms with Crippen LogP contribution in [0.4, 0.5) is 11.8 Å². The molecule has 1 aromatic rings. The number of hydrogen-bond acceptors (Lipinski definition) is 6. The maximum absolute atomic E-state index is 10.0. The fourth-order valence-electron chi connectivity index (χ4n) is 0.487. The minimum Gasteiger partial charge on any atom is -0.358 e. The monoisotopic (exact) mass is 217 g/mol. The summed E-state index contributed by atoms with van der Waals surface area (Å²) < 4.78 is 0. The summed E-state index contributed by atoms with van der Waals surface area (Å²) in [7, 11) is 0. The van der Waals surface area contributed by atoms with Gasteiger partial charge in [-0.05, 0) is 10.5 Å². The Bertz CT molecular complexity index is 384. The van der Waals surface area contributed by atoms with Crippen LogP contribution in [-0.2, 0) is 0 Å². The van der Waals surface area contributed by atoms with E-state index in [0.717, 1.165) is 6.20 Å². The number of nitrogens with zero attached hydrogens (tertiary/aromatic N) is 6. The van der Waals surface area contributed by atoms with Crippen LogP contribution in [0.1, 0.15) is 0 Å². The number of azide groups is 1. The lowest BCUT2D eigenvalue weighted by Crippen LogP contribution is -1.85. The van der Waals surface area contributed by atoms with E-state index >= 15 is 0 Å². The fraction of sp³-hybridized carbons (Fsp3) is 0. The molecule has 2 N–H and O–H groups in total. The number of hydrogen-bond donors (Lipinski definition) is 2. The van der Waals surface area contributed by atoms with Crippen LogP contribution in [0, 0.1) is 20.2 Å². The van der Waals surface area contributed by atoms with Crippen molar-refractivity contribution in [2.45, 2.75) is 0 Å². The molecule has 0 aromatic carbocycles. The highest BCUT2D eigenvalue weighted by molar-refractivity contribution is 5.25. The van der Waals surface area contributed by atoms with Gasteiger partial charge in [-0.1, -0.05) is 0 Å². The van der Waals surface area contributed by atoms with Crippen molar-refractivity contribution in [3.05, 3.63) is 36.9 Å². The fourth-order valence-corrected chi connectivity index (χ4v) is 0.487. The number of nitro groups is 1. The third-order valence-electron chi connectivity index (χ3n) is 0.885. The van der Waals surface area contributed by atoms with Gasteiger partial charge >= 0.3 is 5.82 Å². The van der Waals surface area contributed by atoms with Gasteiger partial charge in [-0.2, -0.15) is 0 Å². The molecule has 0 spiro atoms. The summed E-state index contributed by atoms with van der Waals surface area (Å²) in [6, 6.07) is 0. The molecule has 12 heteroatoms. The van der Waals surface area contributed by atoms with Crippen molar-refractivity contribution in [1.82, 2.24) is 9.97 Å². The van der Waals surface area contributed by atoms with Crippen molar-refractivity contribution in [2.24, 2.45) is 5.11 Å². The average Bonchev–Trinajstić information content (AvgIpc) is 2.52. The Kier molecular flexibility index (Phi) is 4.62. The summed E-state index contributed by atoms with van der Waals surface area (Å²) in [5, 5.41) is 26.7. The predicted molar refractivity (Wildman–Crippen MR) is 42.8 cm³/mol. The number of aromatic nitrogens is 2. The molecular formula is C3H3N7O5. The predicted octanol–water partition coefficient (Wildman–Crippen LogP) is 0.912. The van der Waals surface area contributed by atoms with E-state index in [2.05, 4.69) is 20.0 Å². The van der Waals surface area contributed by atoms with Gasteiger partial charge in [-0.15, -0.1) is 10.1 Å². The minimum atomic E-state index is -1.50. The molecule has 0 aliphatic carbocycles. The zero-order valence-corrected chi connectivity index (χ0v) is 6.84. The second-order valence-electron chi connectivity index (χ2n) is 1.78. The molecule has 1 aromatic heterocycles. The first kappa shape index (κ1) is 12.1. The Morgan fingerprint density at radius 3 is 2.47 bits per heavy atom. The van der Waals surface area contributed by atoms with E-state index in [1.807, 2.05) is 0 Å². The van der Waals surface area contributed by atoms with Gasteiger partial charge in [-0.25, -0.2) is 9.97 Å². The van der Waals surface area contributed by atoms with Crippen LogP contribution in [0.3, 0.4) is 0 Å². The normalized spacial score (nSPS) is 8.00. The van der Waals surface area contributed by atoms with E-state index in [4.69, 9.17) is 20.9 Å². The van der Waals surface area contributed by atoms with Gasteiger partial charge < -0.3 is 15.3 Å². The second kappa shape index (κ2) is 5.71. The first-order valence-electron chi connectivity index (χ1n) is 3.05. The molecule has 0 aliphatic heterocycles. The van der Waals surface area contributed by atoms with Crippen LogP contribution < -0.4 is 0 Å². The van der Waals surface area contributed by atoms with Gasteiger partial charge in [0, 0.05) is 10.0 Å². The van der Waals surface area contributed by atoms with E-state index in [1.54, 1.807) is 0 Å². The van der Waals surface area contributed by atoms with Gasteiger partial charge in [0.05, 0.1) is 0 Å². The highest BCUT2D eigenvalue weighted by Gasteiger charge is 2.06. The highest BCUT2D eigenvalue weighted by Crippen LogP contribution is 2.11. The lowest BCUT2D eigenvalue weighted by Gasteiger charge is -1.83. The van der Waals surface area contributed by atoms with E-state index in [9.17, 15) is 10.1 Å². The van der Waals surface area contributed by atoms with Crippen molar-refractivity contribution in [2.75, 3.05) is 0 Å². The Morgan fingerprint density at radius 1 is 1.60 bits per heavy atom. The second-order valence-corrected chi connectivity index (χ2v) is 1.78. The van der Waals surface area contributed by atoms with Crippen molar-refractivity contribution in [3.8, 4) is 0 Å².